The summed E-state index contributed by atoms with van der Waals surface area (Å²) in [6.45, 7) is 0. The van der Waals surface area contributed by atoms with Gasteiger partial charge in [-0.05, 0) is 33.6 Å². The molecule has 13 heteroatoms. The maximum Gasteiger partial charge on any atom is 0.573 e. The van der Waals surface area contributed by atoms with Gasteiger partial charge in [-0.1, -0.05) is 30.3 Å². The Hall–Kier alpha value is -4.05. The van der Waals surface area contributed by atoms with E-state index in [-0.39, 0.29) is 10.0 Å². The second-order valence-corrected chi connectivity index (χ2v) is 7.94. The highest BCUT2D eigenvalue weighted by atomic mass is 79.9. The summed E-state index contributed by atoms with van der Waals surface area (Å²) in [5, 5.41) is 9.99. The number of anilines is 1. The third-order valence-corrected chi connectivity index (χ3v) is 5.73. The number of carbonyl (C=O) groups is 2. The van der Waals surface area contributed by atoms with Crippen molar-refractivity contribution in [3.63, 3.8) is 0 Å². The second kappa shape index (κ2) is 10.3. The quantitative estimate of drug-likeness (QED) is 0.416. The van der Waals surface area contributed by atoms with E-state index in [4.69, 9.17) is 15.2 Å². The molecule has 2 N–H and O–H groups in total. The lowest BCUT2D eigenvalue weighted by Gasteiger charge is -2.36. The number of allylic oxidation sites excluding steroid dienone is 1. The fourth-order valence-electron chi connectivity index (χ4n) is 3.69. The van der Waals surface area contributed by atoms with Gasteiger partial charge in [0.1, 0.15) is 17.2 Å². The fourth-order valence-corrected chi connectivity index (χ4v) is 4.18. The summed E-state index contributed by atoms with van der Waals surface area (Å²) in [6, 6.07) is 11.5. The molecule has 0 fully saturated rings. The van der Waals surface area contributed by atoms with Gasteiger partial charge in [0.2, 0.25) is 0 Å². The van der Waals surface area contributed by atoms with Gasteiger partial charge in [-0.2, -0.15) is 5.26 Å². The third kappa shape index (κ3) is 4.85. The Morgan fingerprint density at radius 1 is 1.08 bits per heavy atom. The number of rotatable bonds is 5. The maximum atomic E-state index is 14.7. The molecular weight excluding hydrogens is 554 g/mol. The molecule has 0 spiro atoms. The third-order valence-electron chi connectivity index (χ3n) is 5.09. The SMILES string of the molecule is COC(=O)C1=C(C(=O)OC)N(c2c(Br)ccc(F)c2OC(F)(F)F)C(N)=C(C#N)C1c1ccccc1. The van der Waals surface area contributed by atoms with E-state index in [1.807, 2.05) is 6.07 Å². The number of halogens is 5. The smallest absolute Gasteiger partial charge is 0.466 e. The van der Waals surface area contributed by atoms with Crippen molar-refractivity contribution < 1.29 is 41.4 Å². The first-order valence-electron chi connectivity index (χ1n) is 9.86. The number of hydrogen-bond donors (Lipinski definition) is 1. The number of nitrogens with two attached hydrogens (primary N) is 1. The van der Waals surface area contributed by atoms with Gasteiger partial charge in [0.25, 0.3) is 0 Å². The molecule has 0 aromatic heterocycles. The average molecular weight is 570 g/mol. The molecule has 1 heterocycles. The van der Waals surface area contributed by atoms with Crippen molar-refractivity contribution in [2.24, 2.45) is 5.73 Å². The van der Waals surface area contributed by atoms with Crippen LogP contribution >= 0.6 is 15.9 Å². The van der Waals surface area contributed by atoms with Crippen molar-refractivity contribution in [1.82, 2.24) is 0 Å². The van der Waals surface area contributed by atoms with Crippen molar-refractivity contribution in [3.8, 4) is 11.8 Å². The van der Waals surface area contributed by atoms with Gasteiger partial charge >= 0.3 is 18.3 Å². The predicted octanol–water partition coefficient (Wildman–Crippen LogP) is 4.38. The minimum Gasteiger partial charge on any atom is -0.466 e. The number of nitriles is 1. The number of methoxy groups -OCH3 is 2. The molecule has 8 nitrogen and oxygen atoms in total. The molecule has 1 aliphatic rings. The lowest BCUT2D eigenvalue weighted by molar-refractivity contribution is -0.275. The lowest BCUT2D eigenvalue weighted by Crippen LogP contribution is -2.41. The first kappa shape index (κ1) is 26.6. The number of hydrogen-bond acceptors (Lipinski definition) is 8. The van der Waals surface area contributed by atoms with Crippen LogP contribution in [-0.4, -0.2) is 32.5 Å². The highest BCUT2D eigenvalue weighted by molar-refractivity contribution is 9.10. The van der Waals surface area contributed by atoms with Gasteiger partial charge in [0, 0.05) is 4.47 Å². The molecule has 0 amide bonds. The van der Waals surface area contributed by atoms with Gasteiger partial charge in [0.15, 0.2) is 11.6 Å². The summed E-state index contributed by atoms with van der Waals surface area (Å²) in [6.07, 6.45) is -5.35. The molecule has 0 saturated heterocycles. The van der Waals surface area contributed by atoms with Crippen molar-refractivity contribution >= 4 is 33.6 Å². The Morgan fingerprint density at radius 3 is 2.22 bits per heavy atom. The summed E-state index contributed by atoms with van der Waals surface area (Å²) in [4.78, 5) is 26.6. The van der Waals surface area contributed by atoms with Crippen LogP contribution in [0.3, 0.4) is 0 Å². The topological polar surface area (TPSA) is 115 Å². The Balaban J connectivity index is 2.51. The molecule has 0 radical (unpaired) electrons. The van der Waals surface area contributed by atoms with E-state index in [0.717, 1.165) is 20.3 Å². The van der Waals surface area contributed by atoms with Crippen molar-refractivity contribution in [1.29, 1.82) is 5.26 Å². The van der Waals surface area contributed by atoms with Gasteiger partial charge in [-0.25, -0.2) is 14.0 Å². The van der Waals surface area contributed by atoms with Crippen LogP contribution in [0.15, 0.2) is 69.6 Å². The van der Waals surface area contributed by atoms with E-state index in [1.54, 1.807) is 30.3 Å². The van der Waals surface area contributed by atoms with E-state index in [1.165, 1.54) is 0 Å². The highest BCUT2D eigenvalue weighted by Crippen LogP contribution is 2.49. The number of ether oxygens (including phenoxy) is 3. The van der Waals surface area contributed by atoms with Crippen LogP contribution in [-0.2, 0) is 19.1 Å². The predicted molar refractivity (Wildman–Crippen MR) is 120 cm³/mol. The van der Waals surface area contributed by atoms with Crippen LogP contribution in [0.2, 0.25) is 0 Å². The zero-order valence-electron chi connectivity index (χ0n) is 18.5. The van der Waals surface area contributed by atoms with Crippen molar-refractivity contribution in [3.05, 3.63) is 81.0 Å². The first-order chi connectivity index (χ1) is 17.0. The molecule has 0 bridgehead atoms. The van der Waals surface area contributed by atoms with Gasteiger partial charge in [-0.15, -0.1) is 13.2 Å². The zero-order valence-corrected chi connectivity index (χ0v) is 20.1. The van der Waals surface area contributed by atoms with Crippen molar-refractivity contribution in [2.45, 2.75) is 12.3 Å². The molecule has 2 aromatic carbocycles. The standard InChI is InChI=1S/C23H16BrF4N3O5/c1-34-21(32)16-15(11-6-4-3-5-7-11)12(10-29)20(30)31(18(16)22(33)35-2)17-13(24)8-9-14(25)19(17)36-23(26,27)28/h3-9,15H,30H2,1-2H3. The minimum atomic E-state index is -5.35. The van der Waals surface area contributed by atoms with Crippen LogP contribution < -0.4 is 15.4 Å². The van der Waals surface area contributed by atoms with Crippen LogP contribution in [0.4, 0.5) is 23.2 Å². The first-order valence-corrected chi connectivity index (χ1v) is 10.6. The summed E-state index contributed by atoms with van der Waals surface area (Å²) < 4.78 is 67.6. The van der Waals surface area contributed by atoms with E-state index in [9.17, 15) is 32.4 Å². The Labute approximate surface area is 210 Å². The van der Waals surface area contributed by atoms with Gasteiger partial charge < -0.3 is 19.9 Å². The fraction of sp³-hybridized carbons (Fsp3) is 0.174. The Bertz CT molecular complexity index is 1320. The van der Waals surface area contributed by atoms with Crippen LogP contribution in [0, 0.1) is 17.1 Å². The number of nitrogens with zero attached hydrogens (tertiary/aromatic N) is 2. The molecule has 0 aliphatic carbocycles. The van der Waals surface area contributed by atoms with Gasteiger partial charge in [-0.3, -0.25) is 4.90 Å². The zero-order chi connectivity index (χ0) is 26.8. The largest absolute Gasteiger partial charge is 0.573 e. The average Bonchev–Trinajstić information content (AvgIpc) is 2.85. The molecule has 3 rings (SSSR count). The number of carbonyl (C=O) groups excluding carboxylic acids is 2. The molecule has 2 aromatic rings. The molecule has 0 saturated carbocycles. The summed E-state index contributed by atoms with van der Waals surface area (Å²) in [5.74, 6) is -7.02. The Kier molecular flexibility index (Phi) is 7.59. The molecular formula is C23H16BrF4N3O5. The molecule has 36 heavy (non-hydrogen) atoms. The number of alkyl halides is 3. The van der Waals surface area contributed by atoms with E-state index in [2.05, 4.69) is 20.7 Å². The molecule has 188 valence electrons. The number of esters is 2. The number of benzene rings is 2. The van der Waals surface area contributed by atoms with Crippen LogP contribution in [0.25, 0.3) is 0 Å². The maximum absolute atomic E-state index is 14.7. The second-order valence-electron chi connectivity index (χ2n) is 7.09. The Morgan fingerprint density at radius 2 is 1.69 bits per heavy atom. The molecule has 1 aliphatic heterocycles. The van der Waals surface area contributed by atoms with Crippen LogP contribution in [0.5, 0.6) is 5.75 Å². The highest BCUT2D eigenvalue weighted by Gasteiger charge is 2.45. The molecule has 1 unspecified atom stereocenters. The molecule has 1 atom stereocenters. The van der Waals surface area contributed by atoms with E-state index in [0.29, 0.717) is 16.5 Å². The van der Waals surface area contributed by atoms with Crippen molar-refractivity contribution in [2.75, 3.05) is 19.1 Å². The van der Waals surface area contributed by atoms with Gasteiger partial charge in [0.05, 0.1) is 37.4 Å². The summed E-state index contributed by atoms with van der Waals surface area (Å²) >= 11 is 3.02. The van der Waals surface area contributed by atoms with E-state index >= 15 is 0 Å². The van der Waals surface area contributed by atoms with E-state index < -0.39 is 58.6 Å². The normalized spacial score (nSPS) is 15.9. The monoisotopic (exact) mass is 569 g/mol. The minimum absolute atomic E-state index is 0.216. The summed E-state index contributed by atoms with van der Waals surface area (Å²) in [7, 11) is 1.95. The van der Waals surface area contributed by atoms with Crippen LogP contribution in [0.1, 0.15) is 11.5 Å². The summed E-state index contributed by atoms with van der Waals surface area (Å²) in [5.41, 5.74) is 4.33. The lowest BCUT2D eigenvalue weighted by atomic mass is 9.81.